The largest absolute Gasteiger partial charge is 0.488 e. The van der Waals surface area contributed by atoms with Crippen molar-refractivity contribution < 1.29 is 9.15 Å². The lowest BCUT2D eigenvalue weighted by molar-refractivity contribution is 0.131. The Kier molecular flexibility index (Phi) is 2.69. The van der Waals surface area contributed by atoms with Gasteiger partial charge in [0.1, 0.15) is 16.9 Å². The van der Waals surface area contributed by atoms with Crippen LogP contribution in [0.3, 0.4) is 0 Å². The van der Waals surface area contributed by atoms with Crippen LogP contribution in [0, 0.1) is 6.92 Å². The molecule has 0 unspecified atom stereocenters. The lowest BCUT2D eigenvalue weighted by Gasteiger charge is -2.21. The van der Waals surface area contributed by atoms with E-state index >= 15 is 0 Å². The van der Waals surface area contributed by atoms with Crippen LogP contribution in [0.1, 0.15) is 26.3 Å². The van der Waals surface area contributed by atoms with Crippen LogP contribution in [-0.2, 0) is 0 Å². The second-order valence-corrected chi connectivity index (χ2v) is 5.12. The van der Waals surface area contributed by atoms with Gasteiger partial charge in [-0.25, -0.2) is 4.79 Å². The predicted molar refractivity (Wildman–Crippen MR) is 67.6 cm³/mol. The van der Waals surface area contributed by atoms with Crippen LogP contribution in [0.4, 0.5) is 0 Å². The summed E-state index contributed by atoms with van der Waals surface area (Å²) in [5, 5.41) is 0.936. The number of ether oxygens (including phenoxy) is 1. The van der Waals surface area contributed by atoms with Crippen molar-refractivity contribution in [1.29, 1.82) is 0 Å². The highest BCUT2D eigenvalue weighted by Gasteiger charge is 2.12. The second-order valence-electron chi connectivity index (χ2n) is 5.12. The van der Waals surface area contributed by atoms with Crippen molar-refractivity contribution >= 4 is 11.0 Å². The molecule has 2 rings (SSSR count). The van der Waals surface area contributed by atoms with Gasteiger partial charge in [-0.05, 0) is 45.4 Å². The van der Waals surface area contributed by atoms with Gasteiger partial charge in [0.15, 0.2) is 0 Å². The molecule has 0 radical (unpaired) electrons. The molecule has 0 bridgehead atoms. The van der Waals surface area contributed by atoms with E-state index in [1.807, 2.05) is 39.8 Å². The fourth-order valence-corrected chi connectivity index (χ4v) is 1.72. The van der Waals surface area contributed by atoms with Gasteiger partial charge in [-0.15, -0.1) is 0 Å². The first kappa shape index (κ1) is 11.7. The van der Waals surface area contributed by atoms with E-state index in [0.29, 0.717) is 11.3 Å². The summed E-state index contributed by atoms with van der Waals surface area (Å²) in [5.41, 5.74) is 0.885. The number of aryl methyl sites for hydroxylation is 1. The van der Waals surface area contributed by atoms with Crippen molar-refractivity contribution in [3.05, 3.63) is 40.2 Å². The third kappa shape index (κ3) is 2.67. The Morgan fingerprint density at radius 1 is 1.18 bits per heavy atom. The lowest BCUT2D eigenvalue weighted by Crippen LogP contribution is -2.22. The number of fused-ring (bicyclic) bond motifs is 1. The molecule has 1 aromatic carbocycles. The maximum absolute atomic E-state index is 11.3. The van der Waals surface area contributed by atoms with Gasteiger partial charge < -0.3 is 9.15 Å². The van der Waals surface area contributed by atoms with Gasteiger partial charge in [-0.1, -0.05) is 0 Å². The summed E-state index contributed by atoms with van der Waals surface area (Å²) >= 11 is 0. The van der Waals surface area contributed by atoms with Gasteiger partial charge in [-0.2, -0.15) is 0 Å². The standard InChI is InChI=1S/C14H16O3/c1-9-7-13(15)16-12-8-10(5-6-11(9)12)17-14(2,3)4/h5-8H,1-4H3. The second kappa shape index (κ2) is 3.91. The number of hydrogen-bond acceptors (Lipinski definition) is 3. The van der Waals surface area contributed by atoms with Crippen LogP contribution in [0.25, 0.3) is 11.0 Å². The maximum atomic E-state index is 11.3. The lowest BCUT2D eigenvalue weighted by atomic mass is 10.1. The molecule has 0 aliphatic carbocycles. The molecule has 2 aromatic rings. The minimum atomic E-state index is -0.331. The summed E-state index contributed by atoms with van der Waals surface area (Å²) in [5.74, 6) is 0.707. The smallest absolute Gasteiger partial charge is 0.336 e. The molecule has 0 N–H and O–H groups in total. The molecule has 0 saturated heterocycles. The summed E-state index contributed by atoms with van der Waals surface area (Å²) in [7, 11) is 0. The van der Waals surface area contributed by atoms with Gasteiger partial charge >= 0.3 is 5.63 Å². The topological polar surface area (TPSA) is 39.4 Å². The van der Waals surface area contributed by atoms with Crippen molar-refractivity contribution in [1.82, 2.24) is 0 Å². The fourth-order valence-electron chi connectivity index (χ4n) is 1.72. The number of benzene rings is 1. The van der Waals surface area contributed by atoms with E-state index in [2.05, 4.69) is 0 Å². The van der Waals surface area contributed by atoms with Crippen LogP contribution < -0.4 is 10.4 Å². The molecule has 17 heavy (non-hydrogen) atoms. The van der Waals surface area contributed by atoms with Crippen LogP contribution in [-0.4, -0.2) is 5.60 Å². The normalized spacial score (nSPS) is 11.8. The first-order chi connectivity index (χ1) is 7.85. The van der Waals surface area contributed by atoms with Crippen LogP contribution in [0.5, 0.6) is 5.75 Å². The number of rotatable bonds is 1. The summed E-state index contributed by atoms with van der Waals surface area (Å²) < 4.78 is 10.9. The van der Waals surface area contributed by atoms with Gasteiger partial charge in [-0.3, -0.25) is 0 Å². The van der Waals surface area contributed by atoms with Crippen LogP contribution in [0.15, 0.2) is 33.5 Å². The molecule has 0 spiro atoms. The van der Waals surface area contributed by atoms with E-state index in [9.17, 15) is 4.79 Å². The van der Waals surface area contributed by atoms with Gasteiger partial charge in [0, 0.05) is 17.5 Å². The van der Waals surface area contributed by atoms with Crippen molar-refractivity contribution in [2.45, 2.75) is 33.3 Å². The van der Waals surface area contributed by atoms with Crippen molar-refractivity contribution in [3.63, 3.8) is 0 Å². The molecule has 1 aromatic heterocycles. The van der Waals surface area contributed by atoms with E-state index in [4.69, 9.17) is 9.15 Å². The molecule has 0 atom stereocenters. The zero-order chi connectivity index (χ0) is 12.6. The van der Waals surface area contributed by atoms with E-state index in [1.54, 1.807) is 6.07 Å². The minimum absolute atomic E-state index is 0.266. The van der Waals surface area contributed by atoms with Crippen molar-refractivity contribution in [2.24, 2.45) is 0 Å². The Morgan fingerprint density at radius 3 is 2.53 bits per heavy atom. The molecular weight excluding hydrogens is 216 g/mol. The van der Waals surface area contributed by atoms with E-state index in [0.717, 1.165) is 10.9 Å². The molecule has 3 nitrogen and oxygen atoms in total. The summed E-state index contributed by atoms with van der Waals surface area (Å²) in [6, 6.07) is 7.05. The average Bonchev–Trinajstić information content (AvgIpc) is 2.13. The first-order valence-electron chi connectivity index (χ1n) is 5.59. The molecule has 90 valence electrons. The van der Waals surface area contributed by atoms with E-state index in [1.165, 1.54) is 6.07 Å². The molecular formula is C14H16O3. The predicted octanol–water partition coefficient (Wildman–Crippen LogP) is 3.28. The Balaban J connectivity index is 2.54. The zero-order valence-corrected chi connectivity index (χ0v) is 10.5. The monoisotopic (exact) mass is 232 g/mol. The Bertz CT molecular complexity index is 603. The maximum Gasteiger partial charge on any atom is 0.336 e. The highest BCUT2D eigenvalue weighted by atomic mass is 16.5. The summed E-state index contributed by atoms with van der Waals surface area (Å²) in [6.45, 7) is 7.82. The zero-order valence-electron chi connectivity index (χ0n) is 10.5. The molecule has 0 amide bonds. The molecule has 0 fully saturated rings. The Hall–Kier alpha value is -1.77. The highest BCUT2D eigenvalue weighted by molar-refractivity contribution is 5.81. The first-order valence-corrected chi connectivity index (χ1v) is 5.59. The van der Waals surface area contributed by atoms with E-state index in [-0.39, 0.29) is 11.2 Å². The highest BCUT2D eigenvalue weighted by Crippen LogP contribution is 2.24. The van der Waals surface area contributed by atoms with Crippen LogP contribution in [0.2, 0.25) is 0 Å². The van der Waals surface area contributed by atoms with Crippen molar-refractivity contribution in [3.8, 4) is 5.75 Å². The van der Waals surface area contributed by atoms with Gasteiger partial charge in [0.05, 0.1) is 0 Å². The summed E-state index contributed by atoms with van der Waals surface area (Å²) in [4.78, 5) is 11.3. The van der Waals surface area contributed by atoms with Gasteiger partial charge in [0.2, 0.25) is 0 Å². The fraction of sp³-hybridized carbons (Fsp3) is 0.357. The molecule has 1 heterocycles. The molecule has 3 heteroatoms. The third-order valence-electron chi connectivity index (χ3n) is 2.35. The number of hydrogen-bond donors (Lipinski definition) is 0. The molecule has 0 aliphatic heterocycles. The average molecular weight is 232 g/mol. The molecule has 0 saturated carbocycles. The summed E-state index contributed by atoms with van der Waals surface area (Å²) in [6.07, 6.45) is 0. The van der Waals surface area contributed by atoms with Gasteiger partial charge in [0.25, 0.3) is 0 Å². The van der Waals surface area contributed by atoms with E-state index < -0.39 is 0 Å². The quantitative estimate of drug-likeness (QED) is 0.708. The molecule has 0 aliphatic rings. The minimum Gasteiger partial charge on any atom is -0.488 e. The van der Waals surface area contributed by atoms with Crippen LogP contribution >= 0.6 is 0 Å². The third-order valence-corrected chi connectivity index (χ3v) is 2.35. The van der Waals surface area contributed by atoms with Crippen molar-refractivity contribution in [2.75, 3.05) is 0 Å². The Morgan fingerprint density at radius 2 is 1.88 bits per heavy atom. The SMILES string of the molecule is Cc1cc(=O)oc2cc(OC(C)(C)C)ccc12. The Labute approximate surface area is 100 Å².